The van der Waals surface area contributed by atoms with E-state index in [9.17, 15) is 18.8 Å². The number of hydrogen-bond acceptors (Lipinski definition) is 7. The van der Waals surface area contributed by atoms with E-state index in [4.69, 9.17) is 14.5 Å². The van der Waals surface area contributed by atoms with Gasteiger partial charge < -0.3 is 29.2 Å². The predicted octanol–water partition coefficient (Wildman–Crippen LogP) is 5.12. The van der Waals surface area contributed by atoms with Gasteiger partial charge in [-0.05, 0) is 51.5 Å². The molecule has 0 aliphatic carbocycles. The van der Waals surface area contributed by atoms with Gasteiger partial charge >= 0.3 is 12.1 Å². The second kappa shape index (κ2) is 14.4. The molecular formula is C35H42F3N5O5. The van der Waals surface area contributed by atoms with Crippen LogP contribution in [0.25, 0.3) is 11.3 Å². The first-order valence-corrected chi connectivity index (χ1v) is 16.1. The van der Waals surface area contributed by atoms with E-state index >= 15 is 8.78 Å². The zero-order chi connectivity index (χ0) is 34.7. The summed E-state index contributed by atoms with van der Waals surface area (Å²) in [6.45, 7) is 8.75. The van der Waals surface area contributed by atoms with E-state index in [2.05, 4.69) is 5.32 Å². The van der Waals surface area contributed by atoms with Gasteiger partial charge in [0, 0.05) is 63.2 Å². The number of benzene rings is 2. The van der Waals surface area contributed by atoms with Gasteiger partial charge in [-0.15, -0.1) is 0 Å². The van der Waals surface area contributed by atoms with E-state index in [-0.39, 0.29) is 36.8 Å². The normalized spacial score (nSPS) is 19.4. The molecule has 4 atom stereocenters. The predicted molar refractivity (Wildman–Crippen MR) is 171 cm³/mol. The highest BCUT2D eigenvalue weighted by atomic mass is 19.1. The summed E-state index contributed by atoms with van der Waals surface area (Å²) in [4.78, 5) is 46.6. The van der Waals surface area contributed by atoms with Crippen molar-refractivity contribution >= 4 is 18.0 Å². The minimum absolute atomic E-state index is 0.00431. The molecule has 0 spiro atoms. The van der Waals surface area contributed by atoms with Gasteiger partial charge in [0.2, 0.25) is 0 Å². The number of amides is 2. The topological polar surface area (TPSA) is 106 Å². The van der Waals surface area contributed by atoms with Gasteiger partial charge in [-0.2, -0.15) is 0 Å². The molecule has 2 aliphatic heterocycles. The van der Waals surface area contributed by atoms with E-state index in [1.165, 1.54) is 23.6 Å². The van der Waals surface area contributed by atoms with Crippen LogP contribution in [-0.2, 0) is 25.6 Å². The molecule has 3 heterocycles. The lowest BCUT2D eigenvalue weighted by Gasteiger charge is -2.43. The van der Waals surface area contributed by atoms with Gasteiger partial charge in [-0.1, -0.05) is 30.3 Å². The maximum atomic E-state index is 15.7. The summed E-state index contributed by atoms with van der Waals surface area (Å²) in [5.74, 6) is -3.16. The van der Waals surface area contributed by atoms with Gasteiger partial charge in [-0.25, -0.2) is 22.9 Å². The molecule has 1 aromatic heterocycles. The molecule has 5 rings (SSSR count). The number of halogens is 3. The maximum Gasteiger partial charge on any atom is 0.410 e. The van der Waals surface area contributed by atoms with Crippen LogP contribution in [-0.4, -0.2) is 87.9 Å². The fourth-order valence-corrected chi connectivity index (χ4v) is 6.14. The molecule has 0 saturated carbocycles. The first kappa shape index (κ1) is 34.9. The molecule has 13 heteroatoms. The molecule has 1 N–H and O–H groups in total. The van der Waals surface area contributed by atoms with Crippen LogP contribution in [0.5, 0.6) is 0 Å². The molecule has 2 aliphatic rings. The van der Waals surface area contributed by atoms with Gasteiger partial charge in [0.05, 0.1) is 18.3 Å². The van der Waals surface area contributed by atoms with Gasteiger partial charge in [0.25, 0.3) is 5.91 Å². The van der Waals surface area contributed by atoms with Crippen molar-refractivity contribution < 1.29 is 37.0 Å². The van der Waals surface area contributed by atoms with Crippen LogP contribution in [0.4, 0.5) is 18.0 Å². The van der Waals surface area contributed by atoms with Crippen LogP contribution >= 0.6 is 0 Å². The van der Waals surface area contributed by atoms with E-state index in [0.717, 1.165) is 23.8 Å². The second-order valence-electron chi connectivity index (χ2n) is 13.5. The SMILES string of the molecule is CC(=O)O[C@@H](C)C(=O)N(CC1CN(C(=O)OC(C)(C)C)CC1F)C(c1nc(-c2cc(F)ccc2F)cn1Cc1ccccc1)C1CNC1. The number of imidazole rings is 1. The lowest BCUT2D eigenvalue weighted by atomic mass is 9.90. The molecule has 0 bridgehead atoms. The Kier molecular flexibility index (Phi) is 10.5. The Bertz CT molecular complexity index is 1620. The van der Waals surface area contributed by atoms with Crippen LogP contribution < -0.4 is 5.32 Å². The molecular weight excluding hydrogens is 627 g/mol. The lowest BCUT2D eigenvalue weighted by molar-refractivity contribution is -0.160. The standard InChI is InChI=1S/C35H42F3N5O5/c1-21(47-22(2)44)33(45)43(18-25-17-42(19-29(25)38)34(46)48-35(3,4)5)31(24-14-39-15-24)32-40-30(27-13-26(36)11-12-28(27)37)20-41(32)16-23-9-7-6-8-10-23/h6-13,20-21,24-25,29,31,39H,14-19H2,1-5H3/t21-,25?,29?,31?/m0/s1. The lowest BCUT2D eigenvalue weighted by Crippen LogP contribution is -2.55. The highest BCUT2D eigenvalue weighted by molar-refractivity contribution is 5.83. The van der Waals surface area contributed by atoms with Gasteiger partial charge in [-0.3, -0.25) is 9.59 Å². The van der Waals surface area contributed by atoms with Gasteiger partial charge in [0.15, 0.2) is 6.10 Å². The van der Waals surface area contributed by atoms with Crippen LogP contribution in [0.1, 0.15) is 52.0 Å². The Balaban J connectivity index is 1.58. The third-order valence-electron chi connectivity index (χ3n) is 8.49. The smallest absolute Gasteiger partial charge is 0.410 e. The average Bonchev–Trinajstić information content (AvgIpc) is 3.57. The van der Waals surface area contributed by atoms with Crippen molar-refractivity contribution in [2.45, 2.75) is 65.1 Å². The maximum absolute atomic E-state index is 15.7. The molecule has 2 fully saturated rings. The quantitative estimate of drug-likeness (QED) is 0.299. The Morgan fingerprint density at radius 2 is 1.79 bits per heavy atom. The fourth-order valence-electron chi connectivity index (χ4n) is 6.14. The van der Waals surface area contributed by atoms with E-state index < -0.39 is 59.4 Å². The third-order valence-corrected chi connectivity index (χ3v) is 8.49. The molecule has 2 amide bonds. The first-order chi connectivity index (χ1) is 22.7. The first-order valence-electron chi connectivity index (χ1n) is 16.1. The number of nitrogens with zero attached hydrogens (tertiary/aromatic N) is 4. The Labute approximate surface area is 278 Å². The average molecular weight is 670 g/mol. The molecule has 2 aromatic carbocycles. The van der Waals surface area contributed by atoms with Crippen LogP contribution in [0.2, 0.25) is 0 Å². The minimum atomic E-state index is -1.47. The number of ether oxygens (including phenoxy) is 2. The Morgan fingerprint density at radius 3 is 2.42 bits per heavy atom. The summed E-state index contributed by atoms with van der Waals surface area (Å²) >= 11 is 0. The Hall–Kier alpha value is -4.39. The van der Waals surface area contributed by atoms with Crippen LogP contribution in [0, 0.1) is 23.5 Å². The van der Waals surface area contributed by atoms with Crippen molar-refractivity contribution in [3.63, 3.8) is 0 Å². The van der Waals surface area contributed by atoms with Crippen LogP contribution in [0.3, 0.4) is 0 Å². The van der Waals surface area contributed by atoms with E-state index in [1.54, 1.807) is 31.5 Å². The molecule has 2 saturated heterocycles. The number of esters is 1. The van der Waals surface area contributed by atoms with Crippen LogP contribution in [0.15, 0.2) is 54.7 Å². The second-order valence-corrected chi connectivity index (χ2v) is 13.5. The molecule has 258 valence electrons. The molecule has 10 nitrogen and oxygen atoms in total. The number of aromatic nitrogens is 2. The zero-order valence-corrected chi connectivity index (χ0v) is 27.8. The number of likely N-dealkylation sites (tertiary alicyclic amines) is 1. The largest absolute Gasteiger partial charge is 0.453 e. The summed E-state index contributed by atoms with van der Waals surface area (Å²) in [6, 6.07) is 11.8. The highest BCUT2D eigenvalue weighted by Gasteiger charge is 2.45. The number of carbonyl (C=O) groups is 3. The van der Waals surface area contributed by atoms with Crippen molar-refractivity contribution in [3.8, 4) is 11.3 Å². The number of rotatable bonds is 10. The number of carbonyl (C=O) groups excluding carboxylic acids is 3. The number of nitrogens with one attached hydrogen (secondary N) is 1. The molecule has 3 aromatic rings. The molecule has 0 radical (unpaired) electrons. The van der Waals surface area contributed by atoms with Crippen molar-refractivity contribution in [1.29, 1.82) is 0 Å². The van der Waals surface area contributed by atoms with Crippen molar-refractivity contribution in [3.05, 3.63) is 77.8 Å². The van der Waals surface area contributed by atoms with Crippen molar-refractivity contribution in [1.82, 2.24) is 24.7 Å². The molecule has 3 unspecified atom stereocenters. The summed E-state index contributed by atoms with van der Waals surface area (Å²) in [7, 11) is 0. The third kappa shape index (κ3) is 8.18. The van der Waals surface area contributed by atoms with E-state index in [0.29, 0.717) is 25.5 Å². The van der Waals surface area contributed by atoms with Crippen molar-refractivity contribution in [2.24, 2.45) is 11.8 Å². The number of alkyl halides is 1. The van der Waals surface area contributed by atoms with E-state index in [1.807, 2.05) is 30.3 Å². The summed E-state index contributed by atoms with van der Waals surface area (Å²) in [5, 5.41) is 3.22. The Morgan fingerprint density at radius 1 is 1.08 bits per heavy atom. The summed E-state index contributed by atoms with van der Waals surface area (Å²) < 4.78 is 57.7. The minimum Gasteiger partial charge on any atom is -0.453 e. The van der Waals surface area contributed by atoms with Crippen molar-refractivity contribution in [2.75, 3.05) is 32.7 Å². The summed E-state index contributed by atoms with van der Waals surface area (Å²) in [6.07, 6.45) is -1.72. The highest BCUT2D eigenvalue weighted by Crippen LogP contribution is 2.37. The molecule has 48 heavy (non-hydrogen) atoms. The zero-order valence-electron chi connectivity index (χ0n) is 27.8. The fraction of sp³-hybridized carbons (Fsp3) is 0.486. The monoisotopic (exact) mass is 669 g/mol. The summed E-state index contributed by atoms with van der Waals surface area (Å²) in [5.41, 5.74) is 0.231. The number of hydrogen-bond donors (Lipinski definition) is 1. The van der Waals surface area contributed by atoms with Gasteiger partial charge in [0.1, 0.15) is 29.2 Å².